The highest BCUT2D eigenvalue weighted by Crippen LogP contribution is 2.52. The standard InChI is InChI=1S/C2H6Br3PSi/c1-6(2)7(3,4)5/h1-2H3. The predicted molar refractivity (Wildman–Crippen MR) is 51.3 cm³/mol. The van der Waals surface area contributed by atoms with Gasteiger partial charge in [0.25, 0.3) is 3.60 Å². The summed E-state index contributed by atoms with van der Waals surface area (Å²) in [4.78, 5) is 0. The van der Waals surface area contributed by atoms with E-state index in [1.54, 1.807) is 0 Å². The quantitative estimate of drug-likeness (QED) is 0.393. The molecule has 0 amide bonds. The first-order chi connectivity index (χ1) is 2.94. The molecule has 0 atom stereocenters. The van der Waals surface area contributed by atoms with Crippen LogP contribution in [0.2, 0.25) is 0 Å². The van der Waals surface area contributed by atoms with Gasteiger partial charge in [-0.3, -0.25) is 0 Å². The van der Waals surface area contributed by atoms with Crippen molar-refractivity contribution < 1.29 is 0 Å². The van der Waals surface area contributed by atoms with Crippen molar-refractivity contribution in [1.29, 1.82) is 0 Å². The molecule has 0 fully saturated rings. The van der Waals surface area contributed by atoms with Crippen molar-refractivity contribution >= 4 is 56.9 Å². The van der Waals surface area contributed by atoms with Crippen LogP contribution in [0.4, 0.5) is 0 Å². The van der Waals surface area contributed by atoms with Gasteiger partial charge in [-0.05, 0) is 13.3 Å². The molecule has 5 heteroatoms. The van der Waals surface area contributed by atoms with Crippen LogP contribution in [0.25, 0.3) is 0 Å². The van der Waals surface area contributed by atoms with Crippen molar-refractivity contribution in [2.45, 2.75) is 0 Å². The van der Waals surface area contributed by atoms with E-state index in [0.717, 1.165) is 0 Å². The first kappa shape index (κ1) is 9.09. The molecule has 0 aromatic rings. The molecule has 0 unspecified atom stereocenters. The maximum absolute atomic E-state index is 3.54. The molecule has 7 heavy (non-hydrogen) atoms. The summed E-state index contributed by atoms with van der Waals surface area (Å²) in [6, 6.07) is 0. The molecular weight excluding hydrogens is 323 g/mol. The summed E-state index contributed by atoms with van der Waals surface area (Å²) in [5.74, 6) is 0. The largest absolute Gasteiger partial charge is 0.290 e. The van der Waals surface area contributed by atoms with E-state index in [0.29, 0.717) is 0 Å². The van der Waals surface area contributed by atoms with Gasteiger partial charge in [0.2, 0.25) is 0 Å². The van der Waals surface area contributed by atoms with Gasteiger partial charge in [-0.15, -0.1) is 0 Å². The highest BCUT2D eigenvalue weighted by atomic mass is 80.0. The van der Waals surface area contributed by atoms with Crippen LogP contribution in [0, 0.1) is 0 Å². The van der Waals surface area contributed by atoms with Gasteiger partial charge in [0.1, 0.15) is 0 Å². The molecule has 0 rings (SSSR count). The lowest BCUT2D eigenvalue weighted by molar-refractivity contribution is 2.29. The maximum Gasteiger partial charge on any atom is 0.290 e. The summed E-state index contributed by atoms with van der Waals surface area (Å²) in [7, 11) is 0.147. The lowest BCUT2D eigenvalue weighted by Crippen LogP contribution is -2.00. The number of halogens is 3. The SMILES string of the molecule is CP(C)[Si](Br)(Br)Br. The van der Waals surface area contributed by atoms with Crippen LogP contribution in [0.1, 0.15) is 0 Å². The minimum absolute atomic E-state index is 0.147. The Morgan fingerprint density at radius 1 is 1.14 bits per heavy atom. The third-order valence-corrected chi connectivity index (χ3v) is 23.7. The van der Waals surface area contributed by atoms with Crippen molar-refractivity contribution in [1.82, 2.24) is 0 Å². The fourth-order valence-corrected chi connectivity index (χ4v) is 0. The van der Waals surface area contributed by atoms with Crippen LogP contribution in [-0.2, 0) is 0 Å². The summed E-state index contributed by atoms with van der Waals surface area (Å²) < 4.78 is -1.23. The van der Waals surface area contributed by atoms with Crippen molar-refractivity contribution in [3.05, 3.63) is 0 Å². The number of hydrogen-bond acceptors (Lipinski definition) is 0. The zero-order valence-electron chi connectivity index (χ0n) is 4.08. The zero-order valence-corrected chi connectivity index (χ0v) is 10.7. The molecule has 0 saturated carbocycles. The third-order valence-electron chi connectivity index (χ3n) is 0.507. The van der Waals surface area contributed by atoms with Gasteiger partial charge >= 0.3 is 0 Å². The Morgan fingerprint density at radius 2 is 1.29 bits per heavy atom. The van der Waals surface area contributed by atoms with Gasteiger partial charge in [0.15, 0.2) is 0 Å². The molecule has 0 aliphatic rings. The van der Waals surface area contributed by atoms with Gasteiger partial charge in [0.05, 0.1) is 0 Å². The van der Waals surface area contributed by atoms with Crippen LogP contribution in [-0.4, -0.2) is 16.9 Å². The highest BCUT2D eigenvalue weighted by Gasteiger charge is 2.25. The van der Waals surface area contributed by atoms with E-state index < -0.39 is 3.60 Å². The molecule has 0 aliphatic heterocycles. The minimum atomic E-state index is -1.23. The van der Waals surface area contributed by atoms with Crippen LogP contribution < -0.4 is 0 Å². The highest BCUT2D eigenvalue weighted by molar-refractivity contribution is 9.76. The van der Waals surface area contributed by atoms with Gasteiger partial charge in [0, 0.05) is 0 Å². The Balaban J connectivity index is 3.54. The molecule has 0 bridgehead atoms. The van der Waals surface area contributed by atoms with Crippen LogP contribution in [0.15, 0.2) is 0 Å². The summed E-state index contributed by atoms with van der Waals surface area (Å²) >= 11 is 10.6. The van der Waals surface area contributed by atoms with Gasteiger partial charge in [-0.25, -0.2) is 0 Å². The molecular formula is C2H6Br3PSi. The predicted octanol–water partition coefficient (Wildman–Crippen LogP) is 3.35. The molecule has 0 aromatic heterocycles. The fourth-order valence-electron chi connectivity index (χ4n) is 0. The monoisotopic (exact) mass is 326 g/mol. The van der Waals surface area contributed by atoms with E-state index in [9.17, 15) is 0 Å². The molecule has 0 nitrogen and oxygen atoms in total. The molecule has 0 heterocycles. The van der Waals surface area contributed by atoms with E-state index in [4.69, 9.17) is 0 Å². The average molecular weight is 329 g/mol. The Morgan fingerprint density at radius 3 is 1.29 bits per heavy atom. The van der Waals surface area contributed by atoms with Gasteiger partial charge in [-0.2, -0.15) is 0 Å². The van der Waals surface area contributed by atoms with E-state index in [2.05, 4.69) is 59.2 Å². The van der Waals surface area contributed by atoms with E-state index in [1.165, 1.54) is 0 Å². The number of rotatable bonds is 1. The summed E-state index contributed by atoms with van der Waals surface area (Å²) in [5.41, 5.74) is 0. The molecule has 0 spiro atoms. The van der Waals surface area contributed by atoms with Crippen LogP contribution in [0.5, 0.6) is 0 Å². The molecule has 0 aromatic carbocycles. The van der Waals surface area contributed by atoms with Crippen molar-refractivity contribution in [2.75, 3.05) is 13.3 Å². The first-order valence-corrected chi connectivity index (χ1v) is 13.5. The Hall–Kier alpha value is 2.09. The van der Waals surface area contributed by atoms with E-state index in [1.807, 2.05) is 0 Å². The smallest absolute Gasteiger partial charge is 0.0913 e. The summed E-state index contributed by atoms with van der Waals surface area (Å²) in [5, 5.41) is 0. The zero-order chi connectivity index (χ0) is 6.08. The topological polar surface area (TPSA) is 0 Å². The minimum Gasteiger partial charge on any atom is -0.0913 e. The average Bonchev–Trinajstić information content (AvgIpc) is 1.31. The summed E-state index contributed by atoms with van der Waals surface area (Å²) in [6.45, 7) is 4.47. The fraction of sp³-hybridized carbons (Fsp3) is 1.00. The molecule has 0 N–H and O–H groups in total. The van der Waals surface area contributed by atoms with E-state index >= 15 is 0 Å². The van der Waals surface area contributed by atoms with Crippen LogP contribution >= 0.6 is 53.3 Å². The Kier molecular flexibility index (Phi) is 4.29. The maximum atomic E-state index is 3.54. The van der Waals surface area contributed by atoms with E-state index in [-0.39, 0.29) is 7.47 Å². The van der Waals surface area contributed by atoms with Crippen molar-refractivity contribution in [3.63, 3.8) is 0 Å². The molecule has 0 radical (unpaired) electrons. The lowest BCUT2D eigenvalue weighted by atomic mass is 11.9. The second-order valence-corrected chi connectivity index (χ2v) is 34.6. The van der Waals surface area contributed by atoms with Gasteiger partial charge < -0.3 is 0 Å². The van der Waals surface area contributed by atoms with Crippen molar-refractivity contribution in [3.8, 4) is 0 Å². The third kappa shape index (κ3) is 4.58. The molecule has 44 valence electrons. The second kappa shape index (κ2) is 3.30. The first-order valence-electron chi connectivity index (χ1n) is 1.68. The molecule has 0 aliphatic carbocycles. The van der Waals surface area contributed by atoms with Crippen molar-refractivity contribution in [2.24, 2.45) is 0 Å². The lowest BCUT2D eigenvalue weighted by Gasteiger charge is -2.12. The summed E-state index contributed by atoms with van der Waals surface area (Å²) in [6.07, 6.45) is 0. The Labute approximate surface area is 69.8 Å². The Bertz CT molecular complexity index is 58.4. The molecule has 0 saturated heterocycles. The normalized spacial score (nSPS) is 12.9. The number of hydrogen-bond donors (Lipinski definition) is 0. The van der Waals surface area contributed by atoms with Crippen LogP contribution in [0.3, 0.4) is 0 Å². The van der Waals surface area contributed by atoms with Gasteiger partial charge in [-0.1, -0.05) is 53.3 Å². The second-order valence-electron chi connectivity index (χ2n) is 1.36.